The van der Waals surface area contributed by atoms with Gasteiger partial charge in [-0.1, -0.05) is 25.5 Å². The predicted molar refractivity (Wildman–Crippen MR) is 98.5 cm³/mol. The average molecular weight is 394 g/mol. The van der Waals surface area contributed by atoms with Crippen LogP contribution in [0.25, 0.3) is 0 Å². The van der Waals surface area contributed by atoms with E-state index in [1.807, 2.05) is 13.8 Å². The molecule has 0 radical (unpaired) electrons. The Morgan fingerprint density at radius 1 is 1.36 bits per heavy atom. The van der Waals surface area contributed by atoms with Gasteiger partial charge < -0.3 is 9.84 Å². The van der Waals surface area contributed by atoms with Gasteiger partial charge in [-0.3, -0.25) is 9.59 Å². The van der Waals surface area contributed by atoms with Crippen LogP contribution in [0.15, 0.2) is 23.8 Å². The van der Waals surface area contributed by atoms with Gasteiger partial charge in [-0.15, -0.1) is 0 Å². The van der Waals surface area contributed by atoms with Crippen molar-refractivity contribution in [2.24, 2.45) is 34.5 Å². The molecule has 0 spiro atoms. The largest absolute Gasteiger partial charge is 0.433 e. The smallest absolute Gasteiger partial charge is 0.312 e. The van der Waals surface area contributed by atoms with Crippen LogP contribution in [0.4, 0.5) is 8.78 Å². The second kappa shape index (κ2) is 6.22. The fourth-order valence-electron chi connectivity index (χ4n) is 7.22. The molecule has 0 aromatic rings. The summed E-state index contributed by atoms with van der Waals surface area (Å²) in [6, 6.07) is 0. The molecule has 28 heavy (non-hydrogen) atoms. The van der Waals surface area contributed by atoms with E-state index >= 15 is 4.39 Å². The molecular formula is C22H28F2O4. The van der Waals surface area contributed by atoms with Crippen molar-refractivity contribution in [3.63, 3.8) is 0 Å². The molecular weight excluding hydrogens is 366 g/mol. The number of rotatable bonds is 2. The zero-order valence-corrected chi connectivity index (χ0v) is 16.6. The molecule has 3 fully saturated rings. The van der Waals surface area contributed by atoms with Gasteiger partial charge in [-0.2, -0.15) is 0 Å². The third kappa shape index (κ3) is 2.30. The minimum Gasteiger partial charge on any atom is -0.433 e. The molecule has 4 aliphatic carbocycles. The number of halogens is 2. The van der Waals surface area contributed by atoms with Crippen molar-refractivity contribution in [3.05, 3.63) is 23.8 Å². The van der Waals surface area contributed by atoms with Crippen LogP contribution in [-0.2, 0) is 14.3 Å². The van der Waals surface area contributed by atoms with E-state index in [9.17, 15) is 19.1 Å². The van der Waals surface area contributed by atoms with Crippen LogP contribution in [0.2, 0.25) is 0 Å². The van der Waals surface area contributed by atoms with Crippen LogP contribution in [0.5, 0.6) is 0 Å². The standard InChI is InChI=1S/C22H28F2O4/c1-12-8-16-15-5-4-13-9-14(25)6-7-21(13,3)22(15,24)17(26)10-20(16,2)18(12)19(27)28-11-23/h6-7,9,12,15-18,26H,4-5,8,10-11H2,1-3H3/t12-,15?,16?,17+,18-,20+,21+,22+/m1/s1. The van der Waals surface area contributed by atoms with Crippen molar-refractivity contribution < 1.29 is 28.2 Å². The number of hydrogen-bond acceptors (Lipinski definition) is 4. The highest BCUT2D eigenvalue weighted by molar-refractivity contribution is 6.01. The molecule has 8 atom stereocenters. The van der Waals surface area contributed by atoms with E-state index in [-0.39, 0.29) is 24.0 Å². The number of ether oxygens (including phenoxy) is 1. The maximum atomic E-state index is 16.8. The summed E-state index contributed by atoms with van der Waals surface area (Å²) in [5.74, 6) is -1.92. The van der Waals surface area contributed by atoms with E-state index in [0.717, 1.165) is 5.57 Å². The summed E-state index contributed by atoms with van der Waals surface area (Å²) in [5.41, 5.74) is -2.85. The second-order valence-electron chi connectivity index (χ2n) is 9.62. The molecule has 154 valence electrons. The SMILES string of the molecule is C[C@@H]1CC2C3CCC4=CC(=O)C=C[C@]4(C)[C@@]3(F)[C@@H](O)C[C@]2(C)[C@H]1C(=O)OCF. The zero-order valence-electron chi connectivity index (χ0n) is 16.6. The monoisotopic (exact) mass is 394 g/mol. The predicted octanol–water partition coefficient (Wildman–Crippen LogP) is 3.69. The first-order valence-corrected chi connectivity index (χ1v) is 10.1. The van der Waals surface area contributed by atoms with Crippen molar-refractivity contribution >= 4 is 11.8 Å². The van der Waals surface area contributed by atoms with E-state index in [1.165, 1.54) is 12.2 Å². The van der Waals surface area contributed by atoms with Gasteiger partial charge in [0.15, 0.2) is 11.5 Å². The summed E-state index contributed by atoms with van der Waals surface area (Å²) >= 11 is 0. The van der Waals surface area contributed by atoms with Crippen LogP contribution in [-0.4, -0.2) is 35.5 Å². The van der Waals surface area contributed by atoms with Crippen LogP contribution in [0, 0.1) is 34.5 Å². The Hall–Kier alpha value is -1.56. The summed E-state index contributed by atoms with van der Waals surface area (Å²) < 4.78 is 34.2. The number of hydrogen-bond donors (Lipinski definition) is 1. The zero-order chi connectivity index (χ0) is 20.5. The second-order valence-corrected chi connectivity index (χ2v) is 9.62. The normalized spacial score (nSPS) is 49.7. The molecule has 3 saturated carbocycles. The minimum absolute atomic E-state index is 0.0724. The first-order valence-electron chi connectivity index (χ1n) is 10.1. The van der Waals surface area contributed by atoms with Crippen molar-refractivity contribution in [1.29, 1.82) is 0 Å². The molecule has 0 amide bonds. The number of esters is 1. The molecule has 4 aliphatic rings. The molecule has 0 heterocycles. The third-order valence-corrected chi connectivity index (χ3v) is 8.43. The van der Waals surface area contributed by atoms with Crippen LogP contribution >= 0.6 is 0 Å². The van der Waals surface area contributed by atoms with Gasteiger partial charge in [-0.05, 0) is 62.0 Å². The third-order valence-electron chi connectivity index (χ3n) is 8.43. The highest BCUT2D eigenvalue weighted by Gasteiger charge is 2.72. The molecule has 2 unspecified atom stereocenters. The lowest BCUT2D eigenvalue weighted by Gasteiger charge is -2.61. The average Bonchev–Trinajstić information content (AvgIpc) is 2.87. The number of aliphatic hydroxyl groups excluding tert-OH is 1. The number of carbonyl (C=O) groups is 2. The van der Waals surface area contributed by atoms with Gasteiger partial charge in [0.25, 0.3) is 0 Å². The Morgan fingerprint density at radius 2 is 2.07 bits per heavy atom. The highest BCUT2D eigenvalue weighted by Crippen LogP contribution is 2.69. The van der Waals surface area contributed by atoms with Gasteiger partial charge in [0, 0.05) is 11.3 Å². The molecule has 0 aliphatic heterocycles. The Kier molecular flexibility index (Phi) is 4.38. The lowest BCUT2D eigenvalue weighted by Crippen LogP contribution is -2.66. The number of aliphatic hydroxyl groups is 1. The number of fused-ring (bicyclic) bond motifs is 5. The van der Waals surface area contributed by atoms with E-state index in [0.29, 0.717) is 19.3 Å². The number of carbonyl (C=O) groups excluding carboxylic acids is 2. The van der Waals surface area contributed by atoms with Crippen LogP contribution in [0.3, 0.4) is 0 Å². The van der Waals surface area contributed by atoms with Crippen molar-refractivity contribution in [2.45, 2.75) is 58.2 Å². The number of ketones is 1. The van der Waals surface area contributed by atoms with Crippen LogP contribution in [0.1, 0.15) is 46.5 Å². The van der Waals surface area contributed by atoms with E-state index in [4.69, 9.17) is 0 Å². The Balaban J connectivity index is 1.77. The van der Waals surface area contributed by atoms with Crippen molar-refractivity contribution in [3.8, 4) is 0 Å². The van der Waals surface area contributed by atoms with Crippen LogP contribution < -0.4 is 0 Å². The lowest BCUT2D eigenvalue weighted by atomic mass is 9.45. The van der Waals surface area contributed by atoms with Gasteiger partial charge >= 0.3 is 5.97 Å². The molecule has 4 rings (SSSR count). The molecule has 0 bridgehead atoms. The quantitative estimate of drug-likeness (QED) is 0.726. The Labute approximate surface area is 164 Å². The Bertz CT molecular complexity index is 776. The van der Waals surface area contributed by atoms with Crippen molar-refractivity contribution in [2.75, 3.05) is 6.86 Å². The topological polar surface area (TPSA) is 63.6 Å². The van der Waals surface area contributed by atoms with E-state index in [1.54, 1.807) is 13.0 Å². The molecule has 1 N–H and O–H groups in total. The summed E-state index contributed by atoms with van der Waals surface area (Å²) in [6.45, 7) is 4.44. The minimum atomic E-state index is -1.91. The fourth-order valence-corrected chi connectivity index (χ4v) is 7.22. The molecule has 0 aromatic heterocycles. The maximum absolute atomic E-state index is 16.8. The summed E-state index contributed by atoms with van der Waals surface area (Å²) in [5, 5.41) is 11.1. The van der Waals surface area contributed by atoms with E-state index in [2.05, 4.69) is 4.74 Å². The first-order chi connectivity index (χ1) is 13.1. The highest BCUT2D eigenvalue weighted by atomic mass is 19.1. The van der Waals surface area contributed by atoms with Crippen molar-refractivity contribution in [1.82, 2.24) is 0 Å². The molecule has 0 saturated heterocycles. The van der Waals surface area contributed by atoms with Gasteiger partial charge in [-0.25, -0.2) is 8.78 Å². The summed E-state index contributed by atoms with van der Waals surface area (Å²) in [7, 11) is 0. The Morgan fingerprint density at radius 3 is 2.75 bits per heavy atom. The first kappa shape index (κ1) is 19.7. The maximum Gasteiger partial charge on any atom is 0.312 e. The fraction of sp³-hybridized carbons (Fsp3) is 0.727. The van der Waals surface area contributed by atoms with Gasteiger partial charge in [0.05, 0.1) is 12.0 Å². The lowest BCUT2D eigenvalue weighted by molar-refractivity contribution is -0.200. The summed E-state index contributed by atoms with van der Waals surface area (Å²) in [4.78, 5) is 24.3. The molecule has 6 heteroatoms. The molecule has 0 aromatic carbocycles. The van der Waals surface area contributed by atoms with Gasteiger partial charge in [0.2, 0.25) is 6.86 Å². The van der Waals surface area contributed by atoms with Gasteiger partial charge in [0.1, 0.15) is 0 Å². The molecule has 4 nitrogen and oxygen atoms in total. The summed E-state index contributed by atoms with van der Waals surface area (Å²) in [6.07, 6.45) is 5.12. The van der Waals surface area contributed by atoms with E-state index < -0.39 is 47.3 Å². The number of alkyl halides is 2. The number of allylic oxidation sites excluding steroid dienone is 4.